The van der Waals surface area contributed by atoms with Crippen molar-refractivity contribution < 1.29 is 45.4 Å². The first-order valence-electron chi connectivity index (χ1n) is 7.52. The predicted octanol–water partition coefficient (Wildman–Crippen LogP) is 2.95. The quantitative estimate of drug-likeness (QED) is 0.760. The van der Waals surface area contributed by atoms with Gasteiger partial charge in [-0.15, -0.1) is 0 Å². The molecule has 0 bridgehead atoms. The van der Waals surface area contributed by atoms with Crippen LogP contribution in [0.25, 0.3) is 0 Å². The molecular weight excluding hydrogens is 389 g/mol. The second-order valence-corrected chi connectivity index (χ2v) is 5.92. The maximum Gasteiger partial charge on any atom is 0.408 e. The molecule has 1 heterocycles. The van der Waals surface area contributed by atoms with Gasteiger partial charge in [-0.25, -0.2) is 17.6 Å². The maximum absolute atomic E-state index is 14.1. The average Bonchev–Trinajstić information content (AvgIpc) is 2.50. The third-order valence-electron chi connectivity index (χ3n) is 3.95. The molecular formula is C15H13F7N2O3. The zero-order valence-corrected chi connectivity index (χ0v) is 13.4. The zero-order valence-electron chi connectivity index (χ0n) is 13.4. The van der Waals surface area contributed by atoms with Gasteiger partial charge in [-0.2, -0.15) is 13.2 Å². The number of hydrogen-bond donors (Lipinski definition) is 2. The number of aliphatic carboxylic acids is 1. The molecule has 12 heteroatoms. The summed E-state index contributed by atoms with van der Waals surface area (Å²) in [6.45, 7) is -1.74. The fourth-order valence-corrected chi connectivity index (χ4v) is 2.72. The van der Waals surface area contributed by atoms with E-state index < -0.39 is 78.8 Å². The number of carboxylic acid groups (broad SMARTS) is 1. The van der Waals surface area contributed by atoms with Crippen LogP contribution in [0.2, 0.25) is 0 Å². The molecule has 1 atom stereocenters. The summed E-state index contributed by atoms with van der Waals surface area (Å²) in [6, 6.07) is -1.83. The van der Waals surface area contributed by atoms with Gasteiger partial charge in [-0.1, -0.05) is 0 Å². The summed E-state index contributed by atoms with van der Waals surface area (Å²) in [4.78, 5) is 22.4. The highest BCUT2D eigenvalue weighted by Crippen LogP contribution is 2.41. The standard InChI is InChI=1S/C15H13F7N2O3/c16-8-3-7(4-9(17)12(8)13(27)23-6-11(25)26)24-2-1-14(18,19)5-10(24)15(20,21)22/h3-4,10H,1-2,5-6H2,(H,23,27)(H,25,26). The van der Waals surface area contributed by atoms with Crippen LogP contribution in [0.4, 0.5) is 36.4 Å². The molecule has 1 saturated heterocycles. The molecule has 0 aromatic heterocycles. The molecule has 0 radical (unpaired) electrons. The molecule has 2 rings (SSSR count). The fourth-order valence-electron chi connectivity index (χ4n) is 2.72. The van der Waals surface area contributed by atoms with E-state index in [0.717, 1.165) is 0 Å². The van der Waals surface area contributed by atoms with Crippen molar-refractivity contribution in [2.45, 2.75) is 31.0 Å². The van der Waals surface area contributed by atoms with E-state index in [1.54, 1.807) is 5.32 Å². The Labute approximate surface area is 147 Å². The minimum atomic E-state index is -5.08. The minimum absolute atomic E-state index is 0.405. The largest absolute Gasteiger partial charge is 0.480 e. The first kappa shape index (κ1) is 20.8. The Balaban J connectivity index is 2.36. The van der Waals surface area contributed by atoms with E-state index in [1.165, 1.54) is 0 Å². The first-order chi connectivity index (χ1) is 12.3. The van der Waals surface area contributed by atoms with Crippen molar-refractivity contribution >= 4 is 17.6 Å². The number of hydrogen-bond acceptors (Lipinski definition) is 3. The van der Waals surface area contributed by atoms with E-state index in [2.05, 4.69) is 0 Å². The van der Waals surface area contributed by atoms with E-state index in [9.17, 15) is 40.3 Å². The summed E-state index contributed by atoms with van der Waals surface area (Å²) in [5.74, 6) is -9.58. The highest BCUT2D eigenvalue weighted by molar-refractivity contribution is 5.96. The van der Waals surface area contributed by atoms with Crippen LogP contribution in [-0.2, 0) is 4.79 Å². The molecule has 1 aliphatic rings. The summed E-state index contributed by atoms with van der Waals surface area (Å²) in [5.41, 5.74) is -1.84. The predicted molar refractivity (Wildman–Crippen MR) is 77.7 cm³/mol. The molecule has 0 aliphatic carbocycles. The van der Waals surface area contributed by atoms with E-state index >= 15 is 0 Å². The van der Waals surface area contributed by atoms with Gasteiger partial charge in [0.15, 0.2) is 0 Å². The van der Waals surface area contributed by atoms with Crippen LogP contribution in [0.3, 0.4) is 0 Å². The third-order valence-corrected chi connectivity index (χ3v) is 3.95. The summed E-state index contributed by atoms with van der Waals surface area (Å²) in [7, 11) is 0. The third kappa shape index (κ3) is 4.80. The number of anilines is 1. The van der Waals surface area contributed by atoms with Crippen molar-refractivity contribution in [3.8, 4) is 0 Å². The SMILES string of the molecule is O=C(O)CNC(=O)c1c(F)cc(N2CCC(F)(F)CC2C(F)(F)F)cc1F. The number of rotatable bonds is 4. The Kier molecular flexibility index (Phi) is 5.57. The number of carbonyl (C=O) groups is 2. The molecule has 2 N–H and O–H groups in total. The van der Waals surface area contributed by atoms with Crippen LogP contribution in [-0.4, -0.2) is 48.2 Å². The number of carboxylic acids is 1. The highest BCUT2D eigenvalue weighted by atomic mass is 19.4. The number of nitrogens with zero attached hydrogens (tertiary/aromatic N) is 1. The molecule has 1 amide bonds. The van der Waals surface area contributed by atoms with Crippen molar-refractivity contribution in [3.05, 3.63) is 29.3 Å². The lowest BCUT2D eigenvalue weighted by Crippen LogP contribution is -2.54. The zero-order chi connectivity index (χ0) is 20.6. The molecule has 1 aromatic carbocycles. The summed E-state index contributed by atoms with van der Waals surface area (Å²) in [5, 5.41) is 10.1. The molecule has 1 fully saturated rings. The normalized spacial score (nSPS) is 19.7. The highest BCUT2D eigenvalue weighted by Gasteiger charge is 2.52. The van der Waals surface area contributed by atoms with Gasteiger partial charge in [-0.3, -0.25) is 9.59 Å². The molecule has 0 saturated carbocycles. The maximum atomic E-state index is 14.1. The van der Waals surface area contributed by atoms with Crippen molar-refractivity contribution in [3.63, 3.8) is 0 Å². The molecule has 5 nitrogen and oxygen atoms in total. The minimum Gasteiger partial charge on any atom is -0.480 e. The lowest BCUT2D eigenvalue weighted by atomic mass is 9.96. The molecule has 1 aromatic rings. The number of nitrogens with one attached hydrogen (secondary N) is 1. The number of benzene rings is 1. The molecule has 1 aliphatic heterocycles. The van der Waals surface area contributed by atoms with Crippen molar-refractivity contribution in [1.82, 2.24) is 5.32 Å². The van der Waals surface area contributed by atoms with E-state index in [-0.39, 0.29) is 0 Å². The molecule has 27 heavy (non-hydrogen) atoms. The van der Waals surface area contributed by atoms with E-state index in [4.69, 9.17) is 5.11 Å². The molecule has 150 valence electrons. The van der Waals surface area contributed by atoms with Crippen LogP contribution in [0.5, 0.6) is 0 Å². The Hall–Kier alpha value is -2.53. The Bertz CT molecular complexity index is 728. The van der Waals surface area contributed by atoms with Crippen LogP contribution in [0.1, 0.15) is 23.2 Å². The van der Waals surface area contributed by atoms with Crippen LogP contribution in [0, 0.1) is 11.6 Å². The Morgan fingerprint density at radius 1 is 1.22 bits per heavy atom. The molecule has 0 spiro atoms. The number of amides is 1. The lowest BCUT2D eigenvalue weighted by Gasteiger charge is -2.41. The number of carbonyl (C=O) groups excluding carboxylic acids is 1. The topological polar surface area (TPSA) is 69.6 Å². The summed E-state index contributed by atoms with van der Waals surface area (Å²) in [6.07, 6.45) is -7.58. The van der Waals surface area contributed by atoms with Gasteiger partial charge in [0.25, 0.3) is 11.8 Å². The second kappa shape index (κ2) is 7.24. The smallest absolute Gasteiger partial charge is 0.408 e. The van der Waals surface area contributed by atoms with Gasteiger partial charge in [0.05, 0.1) is 0 Å². The number of piperidine rings is 1. The van der Waals surface area contributed by atoms with Gasteiger partial charge in [0.1, 0.15) is 29.8 Å². The average molecular weight is 402 g/mol. The molecule has 1 unspecified atom stereocenters. The van der Waals surface area contributed by atoms with Crippen molar-refractivity contribution in [2.24, 2.45) is 0 Å². The van der Waals surface area contributed by atoms with Gasteiger partial charge >= 0.3 is 12.1 Å². The summed E-state index contributed by atoms with van der Waals surface area (Å²) < 4.78 is 94.3. The monoisotopic (exact) mass is 402 g/mol. The Morgan fingerprint density at radius 2 is 1.78 bits per heavy atom. The number of halogens is 7. The number of alkyl halides is 5. The fraction of sp³-hybridized carbons (Fsp3) is 0.467. The second-order valence-electron chi connectivity index (χ2n) is 5.92. The summed E-state index contributed by atoms with van der Waals surface area (Å²) >= 11 is 0. The van der Waals surface area contributed by atoms with Crippen LogP contribution >= 0.6 is 0 Å². The van der Waals surface area contributed by atoms with Gasteiger partial charge in [-0.05, 0) is 12.1 Å². The lowest BCUT2D eigenvalue weighted by molar-refractivity contribution is -0.175. The van der Waals surface area contributed by atoms with Gasteiger partial charge in [0, 0.05) is 25.1 Å². The van der Waals surface area contributed by atoms with E-state index in [1.807, 2.05) is 0 Å². The van der Waals surface area contributed by atoms with E-state index in [0.29, 0.717) is 17.0 Å². The van der Waals surface area contributed by atoms with Crippen molar-refractivity contribution in [2.75, 3.05) is 18.0 Å². The van der Waals surface area contributed by atoms with Crippen LogP contribution < -0.4 is 10.2 Å². The Morgan fingerprint density at radius 3 is 2.26 bits per heavy atom. The van der Waals surface area contributed by atoms with Crippen LogP contribution in [0.15, 0.2) is 12.1 Å². The van der Waals surface area contributed by atoms with Gasteiger partial charge in [0.2, 0.25) is 0 Å². The van der Waals surface area contributed by atoms with Gasteiger partial charge < -0.3 is 15.3 Å². The first-order valence-corrected chi connectivity index (χ1v) is 7.52. The van der Waals surface area contributed by atoms with Crippen molar-refractivity contribution in [1.29, 1.82) is 0 Å².